The van der Waals surface area contributed by atoms with Crippen LogP contribution in [0.2, 0.25) is 0 Å². The van der Waals surface area contributed by atoms with E-state index >= 15 is 0 Å². The first kappa shape index (κ1) is 12.8. The molecule has 2 aromatic carbocycles. The van der Waals surface area contributed by atoms with Crippen LogP contribution in [0.4, 0.5) is 0 Å². The van der Waals surface area contributed by atoms with Gasteiger partial charge in [-0.1, -0.05) is 54.6 Å². The number of rotatable bonds is 2. The molecule has 3 heteroatoms. The van der Waals surface area contributed by atoms with Gasteiger partial charge >= 0.3 is 0 Å². The molecule has 1 aliphatic carbocycles. The fourth-order valence-electron chi connectivity index (χ4n) is 2.66. The van der Waals surface area contributed by atoms with Gasteiger partial charge in [-0.25, -0.2) is 0 Å². The third kappa shape index (κ3) is 1.87. The van der Waals surface area contributed by atoms with E-state index in [-0.39, 0.29) is 6.42 Å². The molecular weight excluding hydrogens is 252 g/mol. The molecule has 2 aromatic rings. The second-order valence-electron chi connectivity index (χ2n) is 5.04. The van der Waals surface area contributed by atoms with Crippen LogP contribution in [0.1, 0.15) is 32.7 Å². The van der Waals surface area contributed by atoms with Crippen molar-refractivity contribution in [2.24, 2.45) is 0 Å². The number of fused-ring (bicyclic) bond motifs is 1. The summed E-state index contributed by atoms with van der Waals surface area (Å²) >= 11 is 0. The third-order valence-corrected chi connectivity index (χ3v) is 3.81. The van der Waals surface area contributed by atoms with Crippen LogP contribution >= 0.6 is 0 Å². The summed E-state index contributed by atoms with van der Waals surface area (Å²) < 4.78 is 0. The molecule has 1 unspecified atom stereocenters. The Balaban J connectivity index is 2.02. The maximum absolute atomic E-state index is 12.5. The van der Waals surface area contributed by atoms with Gasteiger partial charge in [0.25, 0.3) is 0 Å². The maximum atomic E-state index is 12.5. The van der Waals surface area contributed by atoms with E-state index in [1.165, 1.54) is 0 Å². The number of ketones is 2. The van der Waals surface area contributed by atoms with Gasteiger partial charge in [-0.2, -0.15) is 0 Å². The normalized spacial score (nSPS) is 21.4. The largest absolute Gasteiger partial charge is 0.374 e. The Kier molecular flexibility index (Phi) is 2.99. The average Bonchev–Trinajstić information content (AvgIpc) is 2.51. The number of aryl methyl sites for hydroxylation is 1. The third-order valence-electron chi connectivity index (χ3n) is 3.81. The summed E-state index contributed by atoms with van der Waals surface area (Å²) in [6, 6.07) is 15.6. The van der Waals surface area contributed by atoms with Gasteiger partial charge in [0, 0.05) is 11.1 Å². The fourth-order valence-corrected chi connectivity index (χ4v) is 2.66. The summed E-state index contributed by atoms with van der Waals surface area (Å²) in [6.07, 6.45) is 0.660. The maximum Gasteiger partial charge on any atom is 0.202 e. The Labute approximate surface area is 116 Å². The molecule has 20 heavy (non-hydrogen) atoms. The van der Waals surface area contributed by atoms with Crippen molar-refractivity contribution in [2.45, 2.75) is 18.4 Å². The lowest BCUT2D eigenvalue weighted by Gasteiger charge is -2.30. The van der Waals surface area contributed by atoms with E-state index in [0.717, 1.165) is 5.56 Å². The van der Waals surface area contributed by atoms with Crippen LogP contribution in [0.15, 0.2) is 54.6 Å². The lowest BCUT2D eigenvalue weighted by atomic mass is 9.75. The summed E-state index contributed by atoms with van der Waals surface area (Å²) in [5, 5.41) is 10.6. The Bertz CT molecular complexity index is 676. The molecule has 0 spiro atoms. The van der Waals surface area contributed by atoms with E-state index in [4.69, 9.17) is 0 Å². The Hall–Kier alpha value is -2.26. The number of benzene rings is 2. The van der Waals surface area contributed by atoms with E-state index in [9.17, 15) is 14.7 Å². The number of hydrogen-bond donors (Lipinski definition) is 1. The molecule has 1 atom stereocenters. The standard InChI is InChI=1S/C17H14O3/c18-15(13-7-2-1-3-8-13)17(20)11-10-12-6-4-5-9-14(12)16(17)19/h1-9,20H,10-11H2. The Morgan fingerprint density at radius 3 is 2.40 bits per heavy atom. The minimum atomic E-state index is -1.93. The molecule has 0 aliphatic heterocycles. The molecule has 3 nitrogen and oxygen atoms in total. The molecular formula is C17H14O3. The van der Waals surface area contributed by atoms with Gasteiger partial charge in [0.15, 0.2) is 5.60 Å². The van der Waals surface area contributed by atoms with Crippen LogP contribution < -0.4 is 0 Å². The van der Waals surface area contributed by atoms with Crippen LogP contribution in [0.5, 0.6) is 0 Å². The predicted octanol–water partition coefficient (Wildman–Crippen LogP) is 2.43. The molecule has 0 bridgehead atoms. The topological polar surface area (TPSA) is 54.4 Å². The minimum absolute atomic E-state index is 0.135. The molecule has 1 N–H and O–H groups in total. The molecule has 1 aliphatic rings. The molecule has 0 saturated heterocycles. The predicted molar refractivity (Wildman–Crippen MR) is 74.8 cm³/mol. The van der Waals surface area contributed by atoms with Gasteiger partial charge in [0.2, 0.25) is 11.6 Å². The summed E-state index contributed by atoms with van der Waals surface area (Å²) in [4.78, 5) is 25.0. The second-order valence-corrected chi connectivity index (χ2v) is 5.04. The van der Waals surface area contributed by atoms with Gasteiger partial charge in [-0.05, 0) is 18.4 Å². The van der Waals surface area contributed by atoms with Gasteiger partial charge in [-0.3, -0.25) is 9.59 Å². The van der Waals surface area contributed by atoms with Crippen LogP contribution in [0.3, 0.4) is 0 Å². The molecule has 0 radical (unpaired) electrons. The zero-order valence-corrected chi connectivity index (χ0v) is 10.9. The quantitative estimate of drug-likeness (QED) is 0.671. The van der Waals surface area contributed by atoms with Crippen molar-refractivity contribution < 1.29 is 14.7 Å². The van der Waals surface area contributed by atoms with Crippen molar-refractivity contribution in [3.05, 3.63) is 71.3 Å². The Morgan fingerprint density at radius 1 is 1.00 bits per heavy atom. The van der Waals surface area contributed by atoms with Crippen molar-refractivity contribution >= 4 is 11.6 Å². The van der Waals surface area contributed by atoms with Crippen LogP contribution in [0.25, 0.3) is 0 Å². The lowest BCUT2D eigenvalue weighted by molar-refractivity contribution is 0.0244. The molecule has 3 rings (SSSR count). The van der Waals surface area contributed by atoms with Crippen LogP contribution in [-0.2, 0) is 6.42 Å². The lowest BCUT2D eigenvalue weighted by Crippen LogP contribution is -2.49. The summed E-state index contributed by atoms with van der Waals surface area (Å²) in [5.74, 6) is -1.01. The van der Waals surface area contributed by atoms with E-state index in [1.807, 2.05) is 12.1 Å². The number of carbonyl (C=O) groups excluding carboxylic acids is 2. The first-order valence-corrected chi connectivity index (χ1v) is 6.58. The summed E-state index contributed by atoms with van der Waals surface area (Å²) in [5.41, 5.74) is -0.230. The number of aliphatic hydroxyl groups is 1. The van der Waals surface area contributed by atoms with Crippen molar-refractivity contribution in [1.29, 1.82) is 0 Å². The van der Waals surface area contributed by atoms with Gasteiger partial charge in [0.05, 0.1) is 0 Å². The van der Waals surface area contributed by atoms with Crippen molar-refractivity contribution in [2.75, 3.05) is 0 Å². The van der Waals surface area contributed by atoms with E-state index < -0.39 is 17.2 Å². The summed E-state index contributed by atoms with van der Waals surface area (Å²) in [7, 11) is 0. The van der Waals surface area contributed by atoms with Gasteiger partial charge in [-0.15, -0.1) is 0 Å². The minimum Gasteiger partial charge on any atom is -0.374 e. The first-order chi connectivity index (χ1) is 9.63. The first-order valence-electron chi connectivity index (χ1n) is 6.58. The second kappa shape index (κ2) is 4.69. The van der Waals surface area contributed by atoms with E-state index in [0.29, 0.717) is 17.5 Å². The number of carbonyl (C=O) groups is 2. The van der Waals surface area contributed by atoms with E-state index in [1.54, 1.807) is 42.5 Å². The molecule has 0 saturated carbocycles. The molecule has 100 valence electrons. The van der Waals surface area contributed by atoms with Crippen molar-refractivity contribution in [3.63, 3.8) is 0 Å². The van der Waals surface area contributed by atoms with Crippen molar-refractivity contribution in [3.8, 4) is 0 Å². The number of Topliss-reactive ketones (excluding diaryl/α,β-unsaturated/α-hetero) is 2. The molecule has 0 fully saturated rings. The van der Waals surface area contributed by atoms with Crippen LogP contribution in [0, 0.1) is 0 Å². The zero-order chi connectivity index (χ0) is 14.2. The highest BCUT2D eigenvalue weighted by molar-refractivity contribution is 6.23. The molecule has 0 heterocycles. The van der Waals surface area contributed by atoms with E-state index in [2.05, 4.69) is 0 Å². The van der Waals surface area contributed by atoms with Crippen LogP contribution in [-0.4, -0.2) is 22.3 Å². The van der Waals surface area contributed by atoms with Crippen molar-refractivity contribution in [1.82, 2.24) is 0 Å². The zero-order valence-electron chi connectivity index (χ0n) is 10.9. The highest BCUT2D eigenvalue weighted by Gasteiger charge is 2.47. The smallest absolute Gasteiger partial charge is 0.202 e. The highest BCUT2D eigenvalue weighted by atomic mass is 16.3. The van der Waals surface area contributed by atoms with Gasteiger partial charge < -0.3 is 5.11 Å². The Morgan fingerprint density at radius 2 is 1.65 bits per heavy atom. The monoisotopic (exact) mass is 266 g/mol. The molecule has 0 amide bonds. The van der Waals surface area contributed by atoms with Gasteiger partial charge in [0.1, 0.15) is 0 Å². The average molecular weight is 266 g/mol. The summed E-state index contributed by atoms with van der Waals surface area (Å²) in [6.45, 7) is 0. The molecule has 0 aromatic heterocycles. The number of hydrogen-bond acceptors (Lipinski definition) is 3. The fraction of sp³-hybridized carbons (Fsp3) is 0.176. The highest BCUT2D eigenvalue weighted by Crippen LogP contribution is 2.31. The SMILES string of the molecule is O=C(c1ccccc1)C1(O)CCc2ccccc2C1=O.